The zero-order chi connectivity index (χ0) is 23.3. The SMILES string of the molecule is C=C(O)[C@H](C(=O)N1CCC[C@H]1C(=O)N[C@@H](CO)c1ccc(-c2cnccn2)cc1)C(C)C. The fourth-order valence-corrected chi connectivity index (χ4v) is 4.13. The van der Waals surface area contributed by atoms with Gasteiger partial charge in [-0.3, -0.25) is 19.6 Å². The van der Waals surface area contributed by atoms with Gasteiger partial charge in [-0.2, -0.15) is 0 Å². The quantitative estimate of drug-likeness (QED) is 0.546. The van der Waals surface area contributed by atoms with Crippen LogP contribution in [0, 0.1) is 11.8 Å². The van der Waals surface area contributed by atoms with Crippen LogP contribution in [-0.2, 0) is 9.59 Å². The summed E-state index contributed by atoms with van der Waals surface area (Å²) in [6.07, 6.45) is 6.11. The van der Waals surface area contributed by atoms with E-state index in [9.17, 15) is 19.8 Å². The van der Waals surface area contributed by atoms with Crippen molar-refractivity contribution in [3.8, 4) is 11.3 Å². The molecule has 2 aromatic rings. The summed E-state index contributed by atoms with van der Waals surface area (Å²) in [5.74, 6) is -1.68. The molecular formula is C24H30N4O4. The van der Waals surface area contributed by atoms with E-state index < -0.39 is 18.0 Å². The second-order valence-corrected chi connectivity index (χ2v) is 8.36. The summed E-state index contributed by atoms with van der Waals surface area (Å²) in [6, 6.07) is 6.13. The molecule has 170 valence electrons. The minimum atomic E-state index is -0.745. The predicted octanol–water partition coefficient (Wildman–Crippen LogP) is 2.63. The third-order valence-corrected chi connectivity index (χ3v) is 5.80. The van der Waals surface area contributed by atoms with Crippen molar-refractivity contribution in [3.63, 3.8) is 0 Å². The van der Waals surface area contributed by atoms with Gasteiger partial charge >= 0.3 is 0 Å². The van der Waals surface area contributed by atoms with Crippen molar-refractivity contribution < 1.29 is 19.8 Å². The number of carbonyl (C=O) groups is 2. The highest BCUT2D eigenvalue weighted by Crippen LogP contribution is 2.27. The number of hydrogen-bond acceptors (Lipinski definition) is 6. The zero-order valence-corrected chi connectivity index (χ0v) is 18.4. The molecule has 32 heavy (non-hydrogen) atoms. The van der Waals surface area contributed by atoms with E-state index in [1.165, 1.54) is 4.90 Å². The molecule has 3 N–H and O–H groups in total. The molecule has 0 saturated carbocycles. The molecule has 1 aliphatic heterocycles. The summed E-state index contributed by atoms with van der Waals surface area (Å²) in [6.45, 7) is 7.37. The van der Waals surface area contributed by atoms with Crippen LogP contribution >= 0.6 is 0 Å². The van der Waals surface area contributed by atoms with Gasteiger partial charge in [-0.25, -0.2) is 0 Å². The summed E-state index contributed by atoms with van der Waals surface area (Å²) in [4.78, 5) is 35.9. The summed E-state index contributed by atoms with van der Waals surface area (Å²) < 4.78 is 0. The van der Waals surface area contributed by atoms with Crippen LogP contribution in [0.2, 0.25) is 0 Å². The lowest BCUT2D eigenvalue weighted by Crippen LogP contribution is -2.49. The van der Waals surface area contributed by atoms with Crippen LogP contribution < -0.4 is 5.32 Å². The van der Waals surface area contributed by atoms with Crippen molar-refractivity contribution in [2.75, 3.05) is 13.2 Å². The van der Waals surface area contributed by atoms with Crippen LogP contribution in [0.4, 0.5) is 0 Å². The van der Waals surface area contributed by atoms with Crippen LogP contribution in [0.15, 0.2) is 55.2 Å². The Morgan fingerprint density at radius 3 is 2.53 bits per heavy atom. The predicted molar refractivity (Wildman–Crippen MR) is 120 cm³/mol. The first kappa shape index (κ1) is 23.4. The van der Waals surface area contributed by atoms with Crippen LogP contribution in [0.5, 0.6) is 0 Å². The first-order chi connectivity index (χ1) is 15.3. The molecule has 1 aromatic carbocycles. The first-order valence-corrected chi connectivity index (χ1v) is 10.8. The van der Waals surface area contributed by atoms with Crippen molar-refractivity contribution >= 4 is 11.8 Å². The molecule has 0 spiro atoms. The number of nitrogens with one attached hydrogen (secondary N) is 1. The molecule has 0 bridgehead atoms. The molecule has 0 aliphatic carbocycles. The number of aromatic nitrogens is 2. The lowest BCUT2D eigenvalue weighted by atomic mass is 9.92. The van der Waals surface area contributed by atoms with Gasteiger partial charge in [0.05, 0.1) is 36.2 Å². The van der Waals surface area contributed by atoms with Gasteiger partial charge in [-0.05, 0) is 24.3 Å². The van der Waals surface area contributed by atoms with Gasteiger partial charge in [0.2, 0.25) is 11.8 Å². The maximum absolute atomic E-state index is 13.0. The summed E-state index contributed by atoms with van der Waals surface area (Å²) in [5, 5.41) is 22.7. The van der Waals surface area contributed by atoms with Crippen LogP contribution in [-0.4, -0.2) is 56.1 Å². The third kappa shape index (κ3) is 5.13. The van der Waals surface area contributed by atoms with Crippen LogP contribution in [0.1, 0.15) is 38.3 Å². The molecule has 1 aromatic heterocycles. The minimum absolute atomic E-state index is 0.137. The Bertz CT molecular complexity index is 946. The Balaban J connectivity index is 1.71. The minimum Gasteiger partial charge on any atom is -0.512 e. The number of benzene rings is 1. The Morgan fingerprint density at radius 1 is 1.25 bits per heavy atom. The van der Waals surface area contributed by atoms with E-state index >= 15 is 0 Å². The fraction of sp³-hybridized carbons (Fsp3) is 0.417. The molecule has 3 rings (SSSR count). The lowest BCUT2D eigenvalue weighted by molar-refractivity contribution is -0.142. The van der Waals surface area contributed by atoms with Gasteiger partial charge in [-0.15, -0.1) is 0 Å². The van der Waals surface area contributed by atoms with Crippen molar-refractivity contribution in [1.29, 1.82) is 0 Å². The van der Waals surface area contributed by atoms with Crippen LogP contribution in [0.25, 0.3) is 11.3 Å². The topological polar surface area (TPSA) is 116 Å². The highest BCUT2D eigenvalue weighted by atomic mass is 16.3. The number of carbonyl (C=O) groups excluding carboxylic acids is 2. The molecule has 0 radical (unpaired) electrons. The zero-order valence-electron chi connectivity index (χ0n) is 18.4. The van der Waals surface area contributed by atoms with E-state index in [1.54, 1.807) is 18.6 Å². The van der Waals surface area contributed by atoms with Crippen molar-refractivity contribution in [1.82, 2.24) is 20.2 Å². The highest BCUT2D eigenvalue weighted by Gasteiger charge is 2.39. The molecule has 8 heteroatoms. The van der Waals surface area contributed by atoms with Gasteiger partial charge in [0.15, 0.2) is 0 Å². The third-order valence-electron chi connectivity index (χ3n) is 5.80. The van der Waals surface area contributed by atoms with Gasteiger partial charge in [-0.1, -0.05) is 44.7 Å². The van der Waals surface area contributed by atoms with Gasteiger partial charge in [0.1, 0.15) is 6.04 Å². The van der Waals surface area contributed by atoms with E-state index in [4.69, 9.17) is 0 Å². The summed E-state index contributed by atoms with van der Waals surface area (Å²) in [7, 11) is 0. The van der Waals surface area contributed by atoms with E-state index in [0.29, 0.717) is 19.4 Å². The number of aliphatic hydroxyl groups is 2. The maximum atomic E-state index is 13.0. The van der Waals surface area contributed by atoms with Crippen molar-refractivity contribution in [3.05, 3.63) is 60.8 Å². The van der Waals surface area contributed by atoms with Gasteiger partial charge in [0, 0.05) is 24.5 Å². The summed E-state index contributed by atoms with van der Waals surface area (Å²) in [5.41, 5.74) is 2.35. The fourth-order valence-electron chi connectivity index (χ4n) is 4.13. The molecule has 1 saturated heterocycles. The average molecular weight is 439 g/mol. The van der Waals surface area contributed by atoms with E-state index in [2.05, 4.69) is 21.9 Å². The van der Waals surface area contributed by atoms with Crippen LogP contribution in [0.3, 0.4) is 0 Å². The van der Waals surface area contributed by atoms with Gasteiger partial charge < -0.3 is 20.4 Å². The van der Waals surface area contributed by atoms with Crippen molar-refractivity contribution in [2.24, 2.45) is 11.8 Å². The standard InChI is InChI=1S/C24H30N4O4/c1-15(2)22(16(3)30)24(32)28-12-4-5-21(28)23(31)27-20(14-29)18-8-6-17(7-9-18)19-13-25-10-11-26-19/h6-11,13,15,20-22,29-30H,3-5,12,14H2,1-2H3,(H,27,31)/t20-,21-,22+/m0/s1. The normalized spacial score (nSPS) is 17.8. The Morgan fingerprint density at radius 2 is 1.97 bits per heavy atom. The second kappa shape index (κ2) is 10.4. The molecule has 2 heterocycles. The molecule has 3 atom stereocenters. The number of nitrogens with zero attached hydrogens (tertiary/aromatic N) is 3. The van der Waals surface area contributed by atoms with E-state index in [1.807, 2.05) is 38.1 Å². The molecule has 0 unspecified atom stereocenters. The Kier molecular flexibility index (Phi) is 7.58. The second-order valence-electron chi connectivity index (χ2n) is 8.36. The number of rotatable bonds is 8. The highest BCUT2D eigenvalue weighted by molar-refractivity contribution is 5.90. The number of aliphatic hydroxyl groups excluding tert-OH is 2. The molecule has 1 fully saturated rings. The summed E-state index contributed by atoms with van der Waals surface area (Å²) >= 11 is 0. The smallest absolute Gasteiger partial charge is 0.243 e. The number of likely N-dealkylation sites (tertiary alicyclic amines) is 1. The Labute approximate surface area is 188 Å². The maximum Gasteiger partial charge on any atom is 0.243 e. The molecule has 8 nitrogen and oxygen atoms in total. The molecule has 2 amide bonds. The first-order valence-electron chi connectivity index (χ1n) is 10.8. The largest absolute Gasteiger partial charge is 0.512 e. The van der Waals surface area contributed by atoms with E-state index in [-0.39, 0.29) is 30.1 Å². The molecule has 1 aliphatic rings. The number of hydrogen-bond donors (Lipinski definition) is 3. The van der Waals surface area contributed by atoms with E-state index in [0.717, 1.165) is 16.8 Å². The van der Waals surface area contributed by atoms with Crippen molar-refractivity contribution in [2.45, 2.75) is 38.8 Å². The monoisotopic (exact) mass is 438 g/mol. The lowest BCUT2D eigenvalue weighted by Gasteiger charge is -2.30. The average Bonchev–Trinajstić information content (AvgIpc) is 3.28. The molecular weight excluding hydrogens is 408 g/mol. The van der Waals surface area contributed by atoms with Gasteiger partial charge in [0.25, 0.3) is 0 Å². The Hall–Kier alpha value is -3.26. The number of amides is 2.